The summed E-state index contributed by atoms with van der Waals surface area (Å²) in [4.78, 5) is 0. The monoisotopic (exact) mass is 275 g/mol. The van der Waals surface area contributed by atoms with Crippen LogP contribution in [-0.2, 0) is 6.54 Å². The summed E-state index contributed by atoms with van der Waals surface area (Å²) >= 11 is 0. The third-order valence-corrected chi connectivity index (χ3v) is 4.92. The maximum atomic E-state index is 5.43. The van der Waals surface area contributed by atoms with Gasteiger partial charge in [-0.2, -0.15) is 0 Å². The molecule has 112 valence electrons. The molecule has 1 aliphatic carbocycles. The zero-order valence-electron chi connectivity index (χ0n) is 13.2. The van der Waals surface area contributed by atoms with Crippen LogP contribution in [-0.4, -0.2) is 5.54 Å². The topological polar surface area (TPSA) is 25.2 Å². The number of hydrogen-bond donors (Lipinski definition) is 1. The number of hydrogen-bond acceptors (Lipinski definition) is 2. The normalized spacial score (nSPS) is 27.4. The summed E-state index contributed by atoms with van der Waals surface area (Å²) in [6.45, 7) is 11.9. The number of nitrogens with one attached hydrogen (secondary N) is 1. The highest BCUT2D eigenvalue weighted by Gasteiger charge is 2.37. The average Bonchev–Trinajstić information content (AvgIpc) is 2.89. The van der Waals surface area contributed by atoms with E-state index in [1.807, 2.05) is 12.1 Å². The maximum absolute atomic E-state index is 5.43. The first-order chi connectivity index (χ1) is 9.45. The molecule has 0 saturated heterocycles. The van der Waals surface area contributed by atoms with Gasteiger partial charge in [0.05, 0.1) is 12.8 Å². The summed E-state index contributed by atoms with van der Waals surface area (Å²) in [5.41, 5.74) is 0.650. The first-order valence-electron chi connectivity index (χ1n) is 7.83. The average molecular weight is 275 g/mol. The Morgan fingerprint density at radius 1 is 1.40 bits per heavy atom. The van der Waals surface area contributed by atoms with E-state index in [0.29, 0.717) is 5.41 Å². The SMILES string of the molecule is C=CCC1(NCc2ccco2)CCC(C(C)(C)C)CC1. The zero-order chi connectivity index (χ0) is 14.6. The van der Waals surface area contributed by atoms with Gasteiger partial charge in [-0.3, -0.25) is 0 Å². The molecule has 1 N–H and O–H groups in total. The molecule has 1 aromatic rings. The van der Waals surface area contributed by atoms with Crippen molar-refractivity contribution in [2.45, 2.75) is 65.0 Å². The van der Waals surface area contributed by atoms with Crippen LogP contribution in [0.4, 0.5) is 0 Å². The van der Waals surface area contributed by atoms with Crippen molar-refractivity contribution in [3.05, 3.63) is 36.8 Å². The van der Waals surface area contributed by atoms with Crippen molar-refractivity contribution in [1.29, 1.82) is 0 Å². The molecular formula is C18H29NO. The second kappa shape index (κ2) is 6.17. The van der Waals surface area contributed by atoms with E-state index in [1.54, 1.807) is 6.26 Å². The highest BCUT2D eigenvalue weighted by Crippen LogP contribution is 2.42. The first-order valence-corrected chi connectivity index (χ1v) is 7.83. The molecule has 2 rings (SSSR count). The molecule has 2 heteroatoms. The van der Waals surface area contributed by atoms with E-state index in [2.05, 4.69) is 38.7 Å². The lowest BCUT2D eigenvalue weighted by Crippen LogP contribution is -2.48. The van der Waals surface area contributed by atoms with Gasteiger partial charge in [0.2, 0.25) is 0 Å². The Kier molecular flexibility index (Phi) is 4.74. The van der Waals surface area contributed by atoms with Crippen LogP contribution in [0, 0.1) is 11.3 Å². The van der Waals surface area contributed by atoms with Crippen LogP contribution in [0.25, 0.3) is 0 Å². The lowest BCUT2D eigenvalue weighted by molar-refractivity contribution is 0.112. The molecule has 0 atom stereocenters. The molecule has 20 heavy (non-hydrogen) atoms. The van der Waals surface area contributed by atoms with Crippen molar-refractivity contribution in [2.24, 2.45) is 11.3 Å². The molecule has 0 bridgehead atoms. The van der Waals surface area contributed by atoms with Crippen LogP contribution in [0.15, 0.2) is 35.5 Å². The standard InChI is InChI=1S/C18H29NO/c1-5-10-18(19-14-16-7-6-13-20-16)11-8-15(9-12-18)17(2,3)4/h5-7,13,15,19H,1,8-12,14H2,2-4H3. The quantitative estimate of drug-likeness (QED) is 0.772. The third kappa shape index (κ3) is 3.76. The minimum Gasteiger partial charge on any atom is -0.468 e. The largest absolute Gasteiger partial charge is 0.468 e. The number of furan rings is 1. The Morgan fingerprint density at radius 3 is 2.60 bits per heavy atom. The summed E-state index contributed by atoms with van der Waals surface area (Å²) in [6, 6.07) is 3.99. The molecule has 0 aromatic carbocycles. The van der Waals surface area contributed by atoms with E-state index >= 15 is 0 Å². The summed E-state index contributed by atoms with van der Waals surface area (Å²) in [5, 5.41) is 3.75. The van der Waals surface area contributed by atoms with E-state index < -0.39 is 0 Å². The van der Waals surface area contributed by atoms with Crippen LogP contribution in [0.3, 0.4) is 0 Å². The molecule has 1 aliphatic rings. The van der Waals surface area contributed by atoms with E-state index in [4.69, 9.17) is 4.42 Å². The van der Waals surface area contributed by atoms with Crippen molar-refractivity contribution in [3.8, 4) is 0 Å². The molecule has 1 aromatic heterocycles. The van der Waals surface area contributed by atoms with Crippen molar-refractivity contribution in [1.82, 2.24) is 5.32 Å². The molecule has 1 heterocycles. The van der Waals surface area contributed by atoms with Gasteiger partial charge in [0.15, 0.2) is 0 Å². The molecule has 0 aliphatic heterocycles. The van der Waals surface area contributed by atoms with E-state index in [-0.39, 0.29) is 5.54 Å². The van der Waals surface area contributed by atoms with Crippen LogP contribution >= 0.6 is 0 Å². The highest BCUT2D eigenvalue weighted by atomic mass is 16.3. The Morgan fingerprint density at radius 2 is 2.10 bits per heavy atom. The predicted octanol–water partition coefficient (Wildman–Crippen LogP) is 4.92. The van der Waals surface area contributed by atoms with Crippen LogP contribution < -0.4 is 5.32 Å². The smallest absolute Gasteiger partial charge is 0.117 e. The van der Waals surface area contributed by atoms with Crippen molar-refractivity contribution in [3.63, 3.8) is 0 Å². The van der Waals surface area contributed by atoms with Crippen LogP contribution in [0.5, 0.6) is 0 Å². The third-order valence-electron chi connectivity index (χ3n) is 4.92. The van der Waals surface area contributed by atoms with Gasteiger partial charge >= 0.3 is 0 Å². The van der Waals surface area contributed by atoms with Gasteiger partial charge in [0, 0.05) is 5.54 Å². The van der Waals surface area contributed by atoms with Gasteiger partial charge < -0.3 is 9.73 Å². The van der Waals surface area contributed by atoms with Crippen molar-refractivity contribution >= 4 is 0 Å². The van der Waals surface area contributed by atoms with Gasteiger partial charge in [-0.05, 0) is 55.6 Å². The van der Waals surface area contributed by atoms with Crippen LogP contribution in [0.1, 0.15) is 58.6 Å². The Bertz CT molecular complexity index is 405. The fourth-order valence-electron chi connectivity index (χ4n) is 3.45. The fourth-order valence-corrected chi connectivity index (χ4v) is 3.45. The summed E-state index contributed by atoms with van der Waals surface area (Å²) in [5.74, 6) is 1.86. The Labute approximate surface area is 123 Å². The Balaban J connectivity index is 1.95. The minimum absolute atomic E-state index is 0.219. The van der Waals surface area contributed by atoms with E-state index in [9.17, 15) is 0 Å². The summed E-state index contributed by atoms with van der Waals surface area (Å²) in [7, 11) is 0. The molecule has 0 spiro atoms. The molecule has 0 amide bonds. The molecule has 1 saturated carbocycles. The lowest BCUT2D eigenvalue weighted by Gasteiger charge is -2.44. The van der Waals surface area contributed by atoms with Gasteiger partial charge in [-0.15, -0.1) is 6.58 Å². The van der Waals surface area contributed by atoms with Crippen molar-refractivity contribution < 1.29 is 4.42 Å². The first kappa shape index (κ1) is 15.4. The second-order valence-corrected chi connectivity index (χ2v) is 7.35. The molecule has 0 unspecified atom stereocenters. The van der Waals surface area contributed by atoms with Gasteiger partial charge in [0.25, 0.3) is 0 Å². The van der Waals surface area contributed by atoms with E-state index in [1.165, 1.54) is 25.7 Å². The Hall–Kier alpha value is -1.02. The maximum Gasteiger partial charge on any atom is 0.117 e. The fraction of sp³-hybridized carbons (Fsp3) is 0.667. The molecule has 0 radical (unpaired) electrons. The van der Waals surface area contributed by atoms with Gasteiger partial charge in [0.1, 0.15) is 5.76 Å². The lowest BCUT2D eigenvalue weighted by atomic mass is 9.66. The summed E-state index contributed by atoms with van der Waals surface area (Å²) in [6.07, 6.45) is 9.94. The predicted molar refractivity (Wildman–Crippen MR) is 84.5 cm³/mol. The second-order valence-electron chi connectivity index (χ2n) is 7.35. The number of rotatable bonds is 5. The van der Waals surface area contributed by atoms with Gasteiger partial charge in [-0.1, -0.05) is 26.8 Å². The summed E-state index contributed by atoms with van der Waals surface area (Å²) < 4.78 is 5.43. The van der Waals surface area contributed by atoms with Crippen LogP contribution in [0.2, 0.25) is 0 Å². The molecule has 1 fully saturated rings. The minimum atomic E-state index is 0.219. The molecular weight excluding hydrogens is 246 g/mol. The van der Waals surface area contributed by atoms with Crippen molar-refractivity contribution in [2.75, 3.05) is 0 Å². The van der Waals surface area contributed by atoms with E-state index in [0.717, 1.165) is 24.6 Å². The van der Waals surface area contributed by atoms with Gasteiger partial charge in [-0.25, -0.2) is 0 Å². The zero-order valence-corrected chi connectivity index (χ0v) is 13.2. The molecule has 2 nitrogen and oxygen atoms in total. The highest BCUT2D eigenvalue weighted by molar-refractivity contribution is 5.03.